The monoisotopic (exact) mass is 368 g/mol. The first-order valence-corrected chi connectivity index (χ1v) is 10.1. The summed E-state index contributed by atoms with van der Waals surface area (Å²) < 4.78 is 33.7. The van der Waals surface area contributed by atoms with Crippen molar-refractivity contribution in [1.82, 2.24) is 9.62 Å². The minimum atomic E-state index is -3.77. The molecule has 6 nitrogen and oxygen atoms in total. The molecule has 0 aromatic heterocycles. The van der Waals surface area contributed by atoms with Crippen LogP contribution in [0.5, 0.6) is 0 Å². The molecule has 25 heavy (non-hydrogen) atoms. The summed E-state index contributed by atoms with van der Waals surface area (Å²) in [6.45, 7) is 9.54. The van der Waals surface area contributed by atoms with Crippen molar-refractivity contribution in [2.45, 2.75) is 45.1 Å². The molecule has 1 fully saturated rings. The number of carbonyl (C=O) groups is 1. The first-order chi connectivity index (χ1) is 11.7. The number of benzene rings is 1. The molecule has 1 aromatic carbocycles. The lowest BCUT2D eigenvalue weighted by molar-refractivity contribution is -0.137. The average molecular weight is 368 g/mol. The van der Waals surface area contributed by atoms with Crippen molar-refractivity contribution in [2.75, 3.05) is 26.3 Å². The lowest BCUT2D eigenvalue weighted by atomic mass is 10.0. The fourth-order valence-electron chi connectivity index (χ4n) is 2.92. The van der Waals surface area contributed by atoms with Crippen molar-refractivity contribution in [3.63, 3.8) is 0 Å². The van der Waals surface area contributed by atoms with Crippen LogP contribution in [-0.4, -0.2) is 51.6 Å². The number of carbonyl (C=O) groups excluding carboxylic acids is 1. The molecule has 7 heteroatoms. The average Bonchev–Trinajstić information content (AvgIpc) is 2.56. The summed E-state index contributed by atoms with van der Waals surface area (Å²) in [6.07, 6.45) is 0.459. The molecule has 0 spiro atoms. The van der Waals surface area contributed by atoms with Crippen LogP contribution >= 0.6 is 0 Å². The van der Waals surface area contributed by atoms with Gasteiger partial charge in [0.2, 0.25) is 15.9 Å². The largest absolute Gasteiger partial charge is 0.378 e. The Hall–Kier alpha value is -1.44. The van der Waals surface area contributed by atoms with Gasteiger partial charge in [0.1, 0.15) is 6.04 Å². The second-order valence-electron chi connectivity index (χ2n) is 7.01. The lowest BCUT2D eigenvalue weighted by Gasteiger charge is -2.31. The molecular weight excluding hydrogens is 340 g/mol. The van der Waals surface area contributed by atoms with Gasteiger partial charge in [0.15, 0.2) is 0 Å². The van der Waals surface area contributed by atoms with Gasteiger partial charge in [0.05, 0.1) is 18.1 Å². The van der Waals surface area contributed by atoms with Crippen molar-refractivity contribution in [1.29, 1.82) is 0 Å². The van der Waals surface area contributed by atoms with Gasteiger partial charge in [-0.15, -0.1) is 0 Å². The number of sulfonamides is 1. The fraction of sp³-hybridized carbons (Fsp3) is 0.611. The van der Waals surface area contributed by atoms with Gasteiger partial charge in [-0.1, -0.05) is 26.0 Å². The maximum atomic E-state index is 12.9. The van der Waals surface area contributed by atoms with Crippen LogP contribution < -0.4 is 4.72 Å². The Balaban J connectivity index is 2.25. The van der Waals surface area contributed by atoms with E-state index in [-0.39, 0.29) is 16.7 Å². The van der Waals surface area contributed by atoms with Crippen LogP contribution in [0.25, 0.3) is 0 Å². The molecule has 0 bridgehead atoms. The molecule has 0 aliphatic carbocycles. The number of morpholine rings is 1. The van der Waals surface area contributed by atoms with E-state index in [0.29, 0.717) is 38.3 Å². The topological polar surface area (TPSA) is 75.7 Å². The van der Waals surface area contributed by atoms with E-state index < -0.39 is 16.1 Å². The zero-order valence-corrected chi connectivity index (χ0v) is 16.2. The molecule has 1 aromatic rings. The molecule has 0 unspecified atom stereocenters. The van der Waals surface area contributed by atoms with E-state index in [1.54, 1.807) is 24.0 Å². The molecule has 0 radical (unpaired) electrons. The van der Waals surface area contributed by atoms with Crippen LogP contribution in [0.1, 0.15) is 31.4 Å². The number of amides is 1. The summed E-state index contributed by atoms with van der Waals surface area (Å²) in [4.78, 5) is 14.8. The van der Waals surface area contributed by atoms with Crippen LogP contribution in [0.3, 0.4) is 0 Å². The Morgan fingerprint density at radius 2 is 1.88 bits per heavy atom. The van der Waals surface area contributed by atoms with Crippen LogP contribution in [0.15, 0.2) is 23.1 Å². The predicted molar refractivity (Wildman–Crippen MR) is 96.9 cm³/mol. The Morgan fingerprint density at radius 1 is 1.24 bits per heavy atom. The van der Waals surface area contributed by atoms with E-state index in [4.69, 9.17) is 4.74 Å². The van der Waals surface area contributed by atoms with Crippen LogP contribution in [0, 0.1) is 19.8 Å². The number of hydrogen-bond donors (Lipinski definition) is 1. The van der Waals surface area contributed by atoms with E-state index in [1.807, 2.05) is 26.8 Å². The van der Waals surface area contributed by atoms with Gasteiger partial charge >= 0.3 is 0 Å². The van der Waals surface area contributed by atoms with Gasteiger partial charge in [0, 0.05) is 13.1 Å². The molecule has 1 saturated heterocycles. The third kappa shape index (κ3) is 5.26. The van der Waals surface area contributed by atoms with Gasteiger partial charge in [-0.05, 0) is 43.4 Å². The third-order valence-electron chi connectivity index (χ3n) is 4.26. The lowest BCUT2D eigenvalue weighted by Crippen LogP contribution is -2.52. The number of rotatable bonds is 6. The Labute approximate surface area is 150 Å². The minimum absolute atomic E-state index is 0.175. The molecule has 2 rings (SSSR count). The standard InChI is InChI=1S/C18H28N2O4S/c1-13(2)11-16(18(21)20-7-9-24-10-8-20)19-25(22,23)17-12-14(3)5-6-15(17)4/h5-6,12-13,16,19H,7-11H2,1-4H3/t16-/m0/s1. The molecule has 1 aliphatic rings. The summed E-state index contributed by atoms with van der Waals surface area (Å²) >= 11 is 0. The quantitative estimate of drug-likeness (QED) is 0.831. The predicted octanol–water partition coefficient (Wildman–Crippen LogP) is 1.86. The van der Waals surface area contributed by atoms with E-state index in [9.17, 15) is 13.2 Å². The van der Waals surface area contributed by atoms with Crippen molar-refractivity contribution in [3.8, 4) is 0 Å². The number of nitrogens with zero attached hydrogens (tertiary/aromatic N) is 1. The Morgan fingerprint density at radius 3 is 2.48 bits per heavy atom. The molecular formula is C18H28N2O4S. The molecule has 140 valence electrons. The van der Waals surface area contributed by atoms with E-state index in [2.05, 4.69) is 4.72 Å². The molecule has 1 amide bonds. The SMILES string of the molecule is Cc1ccc(C)c(S(=O)(=O)N[C@@H](CC(C)C)C(=O)N2CCOCC2)c1. The van der Waals surface area contributed by atoms with Gasteiger partial charge in [-0.25, -0.2) is 8.42 Å². The zero-order chi connectivity index (χ0) is 18.6. The zero-order valence-electron chi connectivity index (χ0n) is 15.4. The third-order valence-corrected chi connectivity index (χ3v) is 5.87. The molecule has 0 saturated carbocycles. The van der Waals surface area contributed by atoms with Crippen LogP contribution in [0.2, 0.25) is 0 Å². The number of nitrogens with one attached hydrogen (secondary N) is 1. The highest BCUT2D eigenvalue weighted by Crippen LogP contribution is 2.19. The van der Waals surface area contributed by atoms with E-state index in [0.717, 1.165) is 5.56 Å². The highest BCUT2D eigenvalue weighted by Gasteiger charge is 2.31. The van der Waals surface area contributed by atoms with Gasteiger partial charge < -0.3 is 9.64 Å². The number of ether oxygens (including phenoxy) is 1. The van der Waals surface area contributed by atoms with Crippen molar-refractivity contribution in [3.05, 3.63) is 29.3 Å². The van der Waals surface area contributed by atoms with Crippen LogP contribution in [-0.2, 0) is 19.6 Å². The number of hydrogen-bond acceptors (Lipinski definition) is 4. The molecule has 1 aliphatic heterocycles. The molecule has 1 atom stereocenters. The summed E-state index contributed by atoms with van der Waals surface area (Å²) in [5, 5.41) is 0. The van der Waals surface area contributed by atoms with Crippen molar-refractivity contribution in [2.24, 2.45) is 5.92 Å². The second kappa shape index (κ2) is 8.29. The Kier molecular flexibility index (Phi) is 6.59. The van der Waals surface area contributed by atoms with E-state index >= 15 is 0 Å². The van der Waals surface area contributed by atoms with Crippen molar-refractivity contribution < 1.29 is 17.9 Å². The summed E-state index contributed by atoms with van der Waals surface area (Å²) in [6, 6.07) is 4.54. The maximum absolute atomic E-state index is 12.9. The first-order valence-electron chi connectivity index (χ1n) is 8.67. The number of aryl methyl sites for hydroxylation is 2. The van der Waals surface area contributed by atoms with Gasteiger partial charge in [0.25, 0.3) is 0 Å². The Bertz CT molecular complexity index is 710. The highest BCUT2D eigenvalue weighted by molar-refractivity contribution is 7.89. The minimum Gasteiger partial charge on any atom is -0.378 e. The molecule has 1 N–H and O–H groups in total. The normalized spacial score (nSPS) is 16.9. The van der Waals surface area contributed by atoms with Gasteiger partial charge in [-0.2, -0.15) is 4.72 Å². The summed E-state index contributed by atoms with van der Waals surface area (Å²) in [7, 11) is -3.77. The fourth-order valence-corrected chi connectivity index (χ4v) is 4.45. The summed E-state index contributed by atoms with van der Waals surface area (Å²) in [5.41, 5.74) is 1.53. The summed E-state index contributed by atoms with van der Waals surface area (Å²) in [5.74, 6) is 0.0159. The van der Waals surface area contributed by atoms with E-state index in [1.165, 1.54) is 0 Å². The highest BCUT2D eigenvalue weighted by atomic mass is 32.2. The maximum Gasteiger partial charge on any atom is 0.241 e. The van der Waals surface area contributed by atoms with Crippen LogP contribution in [0.4, 0.5) is 0 Å². The smallest absolute Gasteiger partial charge is 0.241 e. The first kappa shape index (κ1) is 19.9. The van der Waals surface area contributed by atoms with Crippen molar-refractivity contribution >= 4 is 15.9 Å². The second-order valence-corrected chi connectivity index (χ2v) is 8.69. The molecule has 1 heterocycles. The van der Waals surface area contributed by atoms with Gasteiger partial charge in [-0.3, -0.25) is 4.79 Å².